The molecule has 0 aliphatic carbocycles. The van der Waals surface area contributed by atoms with Crippen LogP contribution in [0.2, 0.25) is 0 Å². The number of ether oxygens (including phenoxy) is 1. The highest BCUT2D eigenvalue weighted by atomic mass is 32.2. The molecule has 0 aromatic carbocycles. The molecule has 0 spiro atoms. The van der Waals surface area contributed by atoms with Gasteiger partial charge in [-0.25, -0.2) is 0 Å². The van der Waals surface area contributed by atoms with E-state index in [4.69, 9.17) is 9.84 Å². The molecule has 1 unspecified atom stereocenters. The fraction of sp³-hybridized carbons (Fsp3) is 0.875. The number of hydrogen-bond donors (Lipinski definition) is 2. The van der Waals surface area contributed by atoms with Crippen LogP contribution in [0, 0.1) is 0 Å². The minimum atomic E-state index is -0.799. The SMILES string of the molecule is CCOCC(O)CSCCC(=O)O. The Balaban J connectivity index is 3.16. The Labute approximate surface area is 82.3 Å². The van der Waals surface area contributed by atoms with Gasteiger partial charge in [0.15, 0.2) is 0 Å². The molecule has 0 radical (unpaired) electrons. The van der Waals surface area contributed by atoms with Gasteiger partial charge in [-0.3, -0.25) is 4.79 Å². The Morgan fingerprint density at radius 3 is 2.85 bits per heavy atom. The first-order valence-electron chi connectivity index (χ1n) is 4.22. The highest BCUT2D eigenvalue weighted by Crippen LogP contribution is 2.05. The molecular weight excluding hydrogens is 192 g/mol. The number of carboxylic acid groups (broad SMARTS) is 1. The lowest BCUT2D eigenvalue weighted by molar-refractivity contribution is -0.136. The molecule has 0 fully saturated rings. The van der Waals surface area contributed by atoms with Crippen molar-refractivity contribution in [2.24, 2.45) is 0 Å². The van der Waals surface area contributed by atoms with E-state index in [1.165, 1.54) is 11.8 Å². The van der Waals surface area contributed by atoms with Crippen molar-refractivity contribution in [3.63, 3.8) is 0 Å². The highest BCUT2D eigenvalue weighted by molar-refractivity contribution is 7.99. The number of aliphatic hydroxyl groups is 1. The monoisotopic (exact) mass is 208 g/mol. The number of aliphatic carboxylic acids is 1. The molecule has 4 nitrogen and oxygen atoms in total. The van der Waals surface area contributed by atoms with Crippen LogP contribution in [0.15, 0.2) is 0 Å². The topological polar surface area (TPSA) is 66.8 Å². The van der Waals surface area contributed by atoms with E-state index in [1.54, 1.807) is 0 Å². The quantitative estimate of drug-likeness (QED) is 0.571. The highest BCUT2D eigenvalue weighted by Gasteiger charge is 2.04. The zero-order valence-electron chi connectivity index (χ0n) is 7.73. The van der Waals surface area contributed by atoms with Crippen LogP contribution in [0.4, 0.5) is 0 Å². The zero-order chi connectivity index (χ0) is 10.1. The molecule has 0 heterocycles. The van der Waals surface area contributed by atoms with Crippen LogP contribution in [-0.2, 0) is 9.53 Å². The van der Waals surface area contributed by atoms with Crippen LogP contribution in [0.3, 0.4) is 0 Å². The van der Waals surface area contributed by atoms with Gasteiger partial charge in [0.05, 0.1) is 19.1 Å². The Morgan fingerprint density at radius 1 is 1.62 bits per heavy atom. The first-order chi connectivity index (χ1) is 6.16. The number of hydrogen-bond acceptors (Lipinski definition) is 4. The second-order valence-electron chi connectivity index (χ2n) is 2.53. The van der Waals surface area contributed by atoms with Crippen LogP contribution in [0.1, 0.15) is 13.3 Å². The molecule has 0 saturated heterocycles. The van der Waals surface area contributed by atoms with Gasteiger partial charge in [0.1, 0.15) is 0 Å². The second-order valence-corrected chi connectivity index (χ2v) is 3.68. The first-order valence-corrected chi connectivity index (χ1v) is 5.37. The fourth-order valence-electron chi connectivity index (χ4n) is 0.681. The van der Waals surface area contributed by atoms with Gasteiger partial charge in [0, 0.05) is 18.1 Å². The van der Waals surface area contributed by atoms with E-state index in [2.05, 4.69) is 0 Å². The van der Waals surface area contributed by atoms with Crippen molar-refractivity contribution in [2.75, 3.05) is 24.7 Å². The summed E-state index contributed by atoms with van der Waals surface area (Å²) >= 11 is 1.43. The number of carbonyl (C=O) groups is 1. The van der Waals surface area contributed by atoms with Gasteiger partial charge >= 0.3 is 5.97 Å². The number of thioether (sulfide) groups is 1. The van der Waals surface area contributed by atoms with Gasteiger partial charge in [-0.05, 0) is 6.92 Å². The van der Waals surface area contributed by atoms with E-state index in [9.17, 15) is 9.90 Å². The number of carboxylic acids is 1. The zero-order valence-corrected chi connectivity index (χ0v) is 8.55. The molecule has 5 heteroatoms. The van der Waals surface area contributed by atoms with E-state index in [-0.39, 0.29) is 6.42 Å². The maximum atomic E-state index is 10.1. The van der Waals surface area contributed by atoms with E-state index < -0.39 is 12.1 Å². The Kier molecular flexibility index (Phi) is 8.18. The lowest BCUT2D eigenvalue weighted by atomic mass is 10.4. The van der Waals surface area contributed by atoms with Crippen molar-refractivity contribution in [2.45, 2.75) is 19.4 Å². The first kappa shape index (κ1) is 12.7. The smallest absolute Gasteiger partial charge is 0.304 e. The Hall–Kier alpha value is -0.260. The molecule has 0 saturated carbocycles. The van der Waals surface area contributed by atoms with Crippen molar-refractivity contribution < 1.29 is 19.7 Å². The summed E-state index contributed by atoms with van der Waals surface area (Å²) in [6, 6.07) is 0. The summed E-state index contributed by atoms with van der Waals surface area (Å²) in [6.45, 7) is 2.79. The molecule has 78 valence electrons. The van der Waals surface area contributed by atoms with Crippen LogP contribution in [-0.4, -0.2) is 47.0 Å². The minimum Gasteiger partial charge on any atom is -0.481 e. The molecule has 0 aliphatic rings. The third-order valence-electron chi connectivity index (χ3n) is 1.28. The third kappa shape index (κ3) is 9.66. The molecule has 0 rings (SSSR count). The maximum absolute atomic E-state index is 10.1. The lowest BCUT2D eigenvalue weighted by Crippen LogP contribution is -2.18. The molecular formula is C8H16O4S. The molecule has 0 amide bonds. The van der Waals surface area contributed by atoms with Gasteiger partial charge in [-0.15, -0.1) is 0 Å². The fourth-order valence-corrected chi connectivity index (χ4v) is 1.53. The summed E-state index contributed by atoms with van der Waals surface area (Å²) in [5.41, 5.74) is 0. The molecule has 13 heavy (non-hydrogen) atoms. The molecule has 2 N–H and O–H groups in total. The molecule has 1 atom stereocenters. The standard InChI is InChI=1S/C8H16O4S/c1-2-12-5-7(9)6-13-4-3-8(10)11/h7,9H,2-6H2,1H3,(H,10,11). The van der Waals surface area contributed by atoms with Gasteiger partial charge < -0.3 is 14.9 Å². The predicted octanol–water partition coefficient (Wildman–Crippen LogP) is 0.592. The molecule has 0 aliphatic heterocycles. The Bertz CT molecular complexity index is 140. The number of rotatable bonds is 8. The summed E-state index contributed by atoms with van der Waals surface area (Å²) in [4.78, 5) is 10.1. The molecule has 0 aromatic heterocycles. The van der Waals surface area contributed by atoms with Crippen LogP contribution in [0.5, 0.6) is 0 Å². The minimum absolute atomic E-state index is 0.145. The van der Waals surface area contributed by atoms with Gasteiger partial charge in [-0.2, -0.15) is 11.8 Å². The number of aliphatic hydroxyl groups excluding tert-OH is 1. The normalized spacial score (nSPS) is 12.8. The van der Waals surface area contributed by atoms with Gasteiger partial charge in [-0.1, -0.05) is 0 Å². The van der Waals surface area contributed by atoms with E-state index >= 15 is 0 Å². The second kappa shape index (κ2) is 8.34. The summed E-state index contributed by atoms with van der Waals surface area (Å²) in [5, 5.41) is 17.6. The summed E-state index contributed by atoms with van der Waals surface area (Å²) in [7, 11) is 0. The van der Waals surface area contributed by atoms with Crippen LogP contribution >= 0.6 is 11.8 Å². The molecule has 0 aromatic rings. The Morgan fingerprint density at radius 2 is 2.31 bits per heavy atom. The predicted molar refractivity (Wildman–Crippen MR) is 52.1 cm³/mol. The maximum Gasteiger partial charge on any atom is 0.304 e. The van der Waals surface area contributed by atoms with E-state index in [0.717, 1.165) is 0 Å². The average Bonchev–Trinajstić information content (AvgIpc) is 2.08. The van der Waals surface area contributed by atoms with Crippen molar-refractivity contribution >= 4 is 17.7 Å². The van der Waals surface area contributed by atoms with E-state index in [0.29, 0.717) is 24.7 Å². The average molecular weight is 208 g/mol. The summed E-state index contributed by atoms with van der Waals surface area (Å²) < 4.78 is 4.99. The van der Waals surface area contributed by atoms with E-state index in [1.807, 2.05) is 6.92 Å². The third-order valence-corrected chi connectivity index (χ3v) is 2.40. The van der Waals surface area contributed by atoms with Gasteiger partial charge in [0.2, 0.25) is 0 Å². The molecule has 0 bridgehead atoms. The summed E-state index contributed by atoms with van der Waals surface area (Å²) in [6.07, 6.45) is -0.342. The van der Waals surface area contributed by atoms with Crippen LogP contribution < -0.4 is 0 Å². The summed E-state index contributed by atoms with van der Waals surface area (Å²) in [5.74, 6) is 0.276. The van der Waals surface area contributed by atoms with Crippen LogP contribution in [0.25, 0.3) is 0 Å². The van der Waals surface area contributed by atoms with Crippen molar-refractivity contribution in [1.29, 1.82) is 0 Å². The van der Waals surface area contributed by atoms with Gasteiger partial charge in [0.25, 0.3) is 0 Å². The lowest BCUT2D eigenvalue weighted by Gasteiger charge is -2.08. The van der Waals surface area contributed by atoms with Crippen molar-refractivity contribution in [3.05, 3.63) is 0 Å². The van der Waals surface area contributed by atoms with Crippen molar-refractivity contribution in [1.82, 2.24) is 0 Å². The largest absolute Gasteiger partial charge is 0.481 e. The van der Waals surface area contributed by atoms with Crippen molar-refractivity contribution in [3.8, 4) is 0 Å².